The molecule has 2 N–H and O–H groups in total. The Bertz CT molecular complexity index is 1280. The summed E-state index contributed by atoms with van der Waals surface area (Å²) in [6, 6.07) is 20.4. The lowest BCUT2D eigenvalue weighted by molar-refractivity contribution is -0.0220. The van der Waals surface area contributed by atoms with Gasteiger partial charge in [-0.3, -0.25) is 0 Å². The monoisotopic (exact) mass is 529 g/mol. The van der Waals surface area contributed by atoms with Gasteiger partial charge in [0, 0.05) is 16.9 Å². The average Bonchev–Trinajstić information content (AvgIpc) is 3.30. The predicted molar refractivity (Wildman–Crippen MR) is 144 cm³/mol. The molecule has 0 spiro atoms. The highest BCUT2D eigenvalue weighted by molar-refractivity contribution is 8.83. The van der Waals surface area contributed by atoms with Crippen molar-refractivity contribution in [3.63, 3.8) is 0 Å². The molecule has 0 saturated heterocycles. The van der Waals surface area contributed by atoms with Crippen LogP contribution in [0.2, 0.25) is 0 Å². The van der Waals surface area contributed by atoms with Gasteiger partial charge in [-0.05, 0) is 70.0 Å². The molecule has 9 heteroatoms. The molecule has 1 aliphatic rings. The molecule has 1 aliphatic heterocycles. The number of rotatable bonds is 10. The number of fused-ring (bicyclic) bond motifs is 1. The van der Waals surface area contributed by atoms with Crippen LogP contribution < -0.4 is 9.47 Å². The van der Waals surface area contributed by atoms with Crippen LogP contribution in [0.3, 0.4) is 0 Å². The molecule has 1 unspecified atom stereocenters. The number of benzene rings is 3. The first-order chi connectivity index (χ1) is 17.2. The molecular weight excluding hydrogens is 497 g/mol. The van der Waals surface area contributed by atoms with Gasteiger partial charge in [0.25, 0.3) is 0 Å². The van der Waals surface area contributed by atoms with Crippen molar-refractivity contribution < 1.29 is 28.6 Å². The van der Waals surface area contributed by atoms with Gasteiger partial charge >= 0.3 is 6.80 Å². The van der Waals surface area contributed by atoms with Gasteiger partial charge in [-0.25, -0.2) is 9.56 Å². The molecule has 1 heterocycles. The molecule has 3 aromatic carbocycles. The number of nitrogens with zero attached hydrogens (tertiary/aromatic N) is 1. The van der Waals surface area contributed by atoms with Gasteiger partial charge in [0.2, 0.25) is 0 Å². The summed E-state index contributed by atoms with van der Waals surface area (Å²) in [5, 5.41) is 0. The molecule has 0 amide bonds. The van der Waals surface area contributed by atoms with Gasteiger partial charge in [0.05, 0.1) is 18.3 Å². The van der Waals surface area contributed by atoms with Crippen LogP contribution in [-0.2, 0) is 21.5 Å². The molecule has 0 saturated carbocycles. The number of aliphatic imine (C=N–C) groups is 1. The van der Waals surface area contributed by atoms with Crippen molar-refractivity contribution >= 4 is 27.7 Å². The summed E-state index contributed by atoms with van der Waals surface area (Å²) < 4.78 is 30.7. The minimum Gasteiger partial charge on any atom is -0.494 e. The third-order valence-electron chi connectivity index (χ3n) is 6.80. The highest BCUT2D eigenvalue weighted by Gasteiger charge is 2.49. The fourth-order valence-corrected chi connectivity index (χ4v) is 10.2. The van der Waals surface area contributed by atoms with E-state index < -0.39 is 22.0 Å². The van der Waals surface area contributed by atoms with Gasteiger partial charge in [-0.1, -0.05) is 44.2 Å². The van der Waals surface area contributed by atoms with Crippen molar-refractivity contribution in [2.45, 2.75) is 48.7 Å². The lowest BCUT2D eigenvalue weighted by Gasteiger charge is -2.36. The van der Waals surface area contributed by atoms with Crippen molar-refractivity contribution in [1.29, 1.82) is 0 Å². The van der Waals surface area contributed by atoms with Gasteiger partial charge in [-0.2, -0.15) is 0 Å². The first-order valence-electron chi connectivity index (χ1n) is 11.7. The molecule has 36 heavy (non-hydrogen) atoms. The maximum Gasteiger partial charge on any atom is 0.379 e. The first kappa shape index (κ1) is 26.5. The van der Waals surface area contributed by atoms with Crippen LogP contribution in [0.15, 0.2) is 81.5 Å². The fraction of sp³-hybridized carbons (Fsp3) is 0.296. The highest BCUT2D eigenvalue weighted by atomic mass is 32.8. The lowest BCUT2D eigenvalue weighted by Crippen LogP contribution is -2.27. The zero-order valence-electron chi connectivity index (χ0n) is 20.9. The molecule has 0 radical (unpaired) electrons. The SMILES string of the molecule is CCC(CC)(OC)c1cc(OC)c2c(c1)S(c1ccc(OCc3ccccc3)cc1)(P(=O)(O)O)C=N2. The van der Waals surface area contributed by atoms with Gasteiger partial charge in [0.1, 0.15) is 23.8 Å². The van der Waals surface area contributed by atoms with E-state index in [4.69, 9.17) is 14.2 Å². The van der Waals surface area contributed by atoms with E-state index in [0.717, 1.165) is 11.1 Å². The van der Waals surface area contributed by atoms with Crippen LogP contribution in [0.4, 0.5) is 5.69 Å². The van der Waals surface area contributed by atoms with E-state index in [1.54, 1.807) is 31.4 Å². The summed E-state index contributed by atoms with van der Waals surface area (Å²) in [5.41, 5.74) is 3.10. The van der Waals surface area contributed by atoms with Crippen LogP contribution in [0, 0.1) is 0 Å². The second kappa shape index (κ2) is 10.4. The molecule has 0 bridgehead atoms. The predicted octanol–water partition coefficient (Wildman–Crippen LogP) is 6.92. The molecular formula is C27H32NO6PS. The Labute approximate surface area is 213 Å². The van der Waals surface area contributed by atoms with E-state index in [2.05, 4.69) is 4.99 Å². The highest BCUT2D eigenvalue weighted by Crippen LogP contribution is 2.87. The van der Waals surface area contributed by atoms with E-state index in [0.29, 0.717) is 46.4 Å². The minimum atomic E-state index is -4.71. The fourth-order valence-electron chi connectivity index (χ4n) is 4.61. The topological polar surface area (TPSA) is 97.6 Å². The van der Waals surface area contributed by atoms with E-state index in [-0.39, 0.29) is 0 Å². The van der Waals surface area contributed by atoms with Crippen LogP contribution in [-0.4, -0.2) is 29.6 Å². The smallest absolute Gasteiger partial charge is 0.379 e. The summed E-state index contributed by atoms with van der Waals surface area (Å²) in [7, 11) is 0.233. The second-order valence-electron chi connectivity index (χ2n) is 8.53. The van der Waals surface area contributed by atoms with E-state index >= 15 is 0 Å². The maximum atomic E-state index is 13.2. The molecule has 192 valence electrons. The quantitative estimate of drug-likeness (QED) is 0.277. The third kappa shape index (κ3) is 4.49. The molecule has 7 nitrogen and oxygen atoms in total. The Hall–Kier alpha value is -2.61. The number of hydrogen-bond acceptors (Lipinski definition) is 5. The van der Waals surface area contributed by atoms with Gasteiger partial charge in [0.15, 0.2) is 0 Å². The average molecular weight is 530 g/mol. The van der Waals surface area contributed by atoms with Crippen molar-refractivity contribution in [1.82, 2.24) is 0 Å². The van der Waals surface area contributed by atoms with Crippen molar-refractivity contribution in [2.24, 2.45) is 4.99 Å². The Balaban J connectivity index is 1.80. The largest absolute Gasteiger partial charge is 0.494 e. The third-order valence-corrected chi connectivity index (χ3v) is 13.7. The summed E-state index contributed by atoms with van der Waals surface area (Å²) >= 11 is 0. The Kier molecular flexibility index (Phi) is 7.64. The van der Waals surface area contributed by atoms with Crippen LogP contribution in [0.1, 0.15) is 37.8 Å². The van der Waals surface area contributed by atoms with E-state index in [1.807, 2.05) is 56.3 Å². The molecule has 0 aromatic heterocycles. The molecule has 0 fully saturated rings. The van der Waals surface area contributed by atoms with Gasteiger partial charge in [-0.15, -0.1) is 0 Å². The van der Waals surface area contributed by atoms with Gasteiger partial charge < -0.3 is 24.0 Å². The molecule has 1 atom stereocenters. The summed E-state index contributed by atoms with van der Waals surface area (Å²) in [6.07, 6.45) is 1.38. The Morgan fingerprint density at radius 2 is 1.64 bits per heavy atom. The number of hydrogen-bond donors (Lipinski definition) is 2. The van der Waals surface area contributed by atoms with Crippen LogP contribution in [0.5, 0.6) is 11.5 Å². The zero-order chi connectivity index (χ0) is 26.0. The lowest BCUT2D eigenvalue weighted by atomic mass is 9.88. The van der Waals surface area contributed by atoms with Crippen molar-refractivity contribution in [2.75, 3.05) is 14.2 Å². The van der Waals surface area contributed by atoms with E-state index in [1.165, 1.54) is 12.7 Å². The molecule has 4 rings (SSSR count). The van der Waals surface area contributed by atoms with Crippen molar-refractivity contribution in [3.05, 3.63) is 77.9 Å². The van der Waals surface area contributed by atoms with Crippen LogP contribution >= 0.6 is 16.4 Å². The first-order valence-corrected chi connectivity index (χ1v) is 15.6. The second-order valence-corrected chi connectivity index (χ2v) is 15.0. The Morgan fingerprint density at radius 3 is 2.19 bits per heavy atom. The minimum absolute atomic E-state index is 0.397. The molecule has 0 aliphatic carbocycles. The summed E-state index contributed by atoms with van der Waals surface area (Å²) in [6.45, 7) is -0.254. The van der Waals surface area contributed by atoms with Crippen molar-refractivity contribution in [3.8, 4) is 11.5 Å². The normalized spacial score (nSPS) is 18.9. The standard InChI is InChI=1S/C27H32NO6PS/c1-5-27(6-2,33-4)21-16-24(32-3)26-25(17-21)36(19-28-26,35(29,30)31)23-14-12-22(13-15-23)34-18-20-10-8-7-9-11-20/h7-17,19H,5-6,18H2,1-4H3,(H2,29,30,31). The number of ether oxygens (including phenoxy) is 3. The Morgan fingerprint density at radius 1 is 0.972 bits per heavy atom. The summed E-state index contributed by atoms with van der Waals surface area (Å²) in [4.78, 5) is 27.0. The summed E-state index contributed by atoms with van der Waals surface area (Å²) in [5.74, 6) is 1.08. The van der Waals surface area contributed by atoms with Crippen LogP contribution in [0.25, 0.3) is 0 Å². The zero-order valence-corrected chi connectivity index (χ0v) is 22.6. The molecule has 3 aromatic rings. The maximum absolute atomic E-state index is 13.2. The number of methoxy groups -OCH3 is 2. The van der Waals surface area contributed by atoms with E-state index in [9.17, 15) is 14.4 Å².